The number of esters is 1. The van der Waals surface area contributed by atoms with Crippen LogP contribution in [0.25, 0.3) is 0 Å². The van der Waals surface area contributed by atoms with Gasteiger partial charge in [-0.2, -0.15) is 0 Å². The summed E-state index contributed by atoms with van der Waals surface area (Å²) in [4.78, 5) is 40.5. The zero-order valence-electron chi connectivity index (χ0n) is 16.8. The molecule has 0 saturated carbocycles. The van der Waals surface area contributed by atoms with Crippen LogP contribution < -0.4 is 10.6 Å². The second-order valence-electron chi connectivity index (χ2n) is 6.66. The molecule has 1 aliphatic rings. The molecule has 9 heteroatoms. The molecule has 1 aliphatic heterocycles. The van der Waals surface area contributed by atoms with Crippen LogP contribution in [0.3, 0.4) is 0 Å². The average Bonchev–Trinajstić information content (AvgIpc) is 3.16. The van der Waals surface area contributed by atoms with Crippen LogP contribution in [-0.4, -0.2) is 68.0 Å². The van der Waals surface area contributed by atoms with E-state index in [1.54, 1.807) is 33.2 Å². The minimum Gasteiger partial charge on any atom is -0.467 e. The highest BCUT2D eigenvalue weighted by Gasteiger charge is 2.35. The number of ether oxygens (including phenoxy) is 1. The molecule has 1 aromatic heterocycles. The molecule has 3 amide bonds. The molecule has 154 valence electrons. The van der Waals surface area contributed by atoms with Crippen LogP contribution in [0.2, 0.25) is 0 Å². The van der Waals surface area contributed by atoms with E-state index in [-0.39, 0.29) is 31.2 Å². The summed E-state index contributed by atoms with van der Waals surface area (Å²) >= 11 is 0. The van der Waals surface area contributed by atoms with Crippen LogP contribution in [0, 0.1) is 0 Å². The zero-order chi connectivity index (χ0) is 20.7. The normalized spacial score (nSPS) is 16.6. The molecule has 0 spiro atoms. The van der Waals surface area contributed by atoms with E-state index >= 15 is 0 Å². The fraction of sp³-hybridized carbons (Fsp3) is 0.526. The van der Waals surface area contributed by atoms with Gasteiger partial charge in [-0.3, -0.25) is 9.69 Å². The van der Waals surface area contributed by atoms with Crippen LogP contribution in [0.4, 0.5) is 4.79 Å². The maximum Gasteiger partial charge on any atom is 0.338 e. The van der Waals surface area contributed by atoms with Crippen LogP contribution in [-0.2, 0) is 14.3 Å². The van der Waals surface area contributed by atoms with Gasteiger partial charge in [-0.25, -0.2) is 9.59 Å². The van der Waals surface area contributed by atoms with Crippen LogP contribution >= 0.6 is 0 Å². The van der Waals surface area contributed by atoms with E-state index in [0.717, 1.165) is 6.42 Å². The molecule has 2 heterocycles. The molecule has 0 saturated heterocycles. The average molecular weight is 392 g/mol. The second kappa shape index (κ2) is 9.93. The molecule has 2 rings (SSSR count). The molecule has 1 unspecified atom stereocenters. The Bertz CT molecular complexity index is 727. The Labute approximate surface area is 164 Å². The molecular weight excluding hydrogens is 364 g/mol. The molecule has 0 aromatic carbocycles. The predicted octanol–water partition coefficient (Wildman–Crippen LogP) is 1.25. The van der Waals surface area contributed by atoms with Crippen molar-refractivity contribution in [1.82, 2.24) is 20.4 Å². The minimum absolute atomic E-state index is 0.0606. The van der Waals surface area contributed by atoms with Crippen molar-refractivity contribution in [2.24, 2.45) is 0 Å². The number of carbonyl (C=O) groups excluding carboxylic acids is 3. The third-order valence-electron chi connectivity index (χ3n) is 4.26. The number of rotatable bonds is 9. The third-order valence-corrected chi connectivity index (χ3v) is 4.26. The SMILES string of the molecule is CCCN(CC(=O)N(C)C)CC1=C(C(=O)OCC)C(c2ccco2)NC(=O)N1. The van der Waals surface area contributed by atoms with Crippen LogP contribution in [0.1, 0.15) is 32.1 Å². The molecule has 28 heavy (non-hydrogen) atoms. The number of furan rings is 1. The lowest BCUT2D eigenvalue weighted by atomic mass is 9.99. The molecule has 0 radical (unpaired) electrons. The molecule has 0 bridgehead atoms. The fourth-order valence-corrected chi connectivity index (χ4v) is 2.95. The van der Waals surface area contributed by atoms with Gasteiger partial charge >= 0.3 is 12.0 Å². The molecular formula is C19H28N4O5. The van der Waals surface area contributed by atoms with Crippen molar-refractivity contribution in [3.05, 3.63) is 35.4 Å². The Hall–Kier alpha value is -2.81. The largest absolute Gasteiger partial charge is 0.467 e. The van der Waals surface area contributed by atoms with Crippen LogP contribution in [0.15, 0.2) is 34.1 Å². The molecule has 0 fully saturated rings. The summed E-state index contributed by atoms with van der Waals surface area (Å²) < 4.78 is 10.6. The number of carbonyl (C=O) groups is 3. The van der Waals surface area contributed by atoms with Gasteiger partial charge in [0.05, 0.1) is 25.0 Å². The van der Waals surface area contributed by atoms with E-state index in [1.807, 2.05) is 11.8 Å². The summed E-state index contributed by atoms with van der Waals surface area (Å²) in [6.07, 6.45) is 2.29. The predicted molar refractivity (Wildman–Crippen MR) is 102 cm³/mol. The highest BCUT2D eigenvalue weighted by Crippen LogP contribution is 2.28. The number of amides is 3. The summed E-state index contributed by atoms with van der Waals surface area (Å²) in [5.74, 6) is -0.168. The maximum atomic E-state index is 12.7. The fourth-order valence-electron chi connectivity index (χ4n) is 2.95. The quantitative estimate of drug-likeness (QED) is 0.613. The first-order valence-electron chi connectivity index (χ1n) is 9.30. The van der Waals surface area contributed by atoms with Gasteiger partial charge in [-0.05, 0) is 32.0 Å². The summed E-state index contributed by atoms with van der Waals surface area (Å²) in [6.45, 7) is 4.95. The lowest BCUT2D eigenvalue weighted by molar-refractivity contribution is -0.139. The summed E-state index contributed by atoms with van der Waals surface area (Å²) in [7, 11) is 3.38. The Morgan fingerprint density at radius 2 is 2.04 bits per heavy atom. The van der Waals surface area contributed by atoms with Gasteiger partial charge in [-0.1, -0.05) is 6.92 Å². The topological polar surface area (TPSA) is 104 Å². The zero-order valence-corrected chi connectivity index (χ0v) is 16.8. The van der Waals surface area contributed by atoms with Crippen molar-refractivity contribution in [2.75, 3.05) is 40.3 Å². The maximum absolute atomic E-state index is 12.7. The number of likely N-dealkylation sites (N-methyl/N-ethyl adjacent to an activating group) is 1. The Kier molecular flexibility index (Phi) is 7.62. The smallest absolute Gasteiger partial charge is 0.338 e. The van der Waals surface area contributed by atoms with Crippen LogP contribution in [0.5, 0.6) is 0 Å². The van der Waals surface area contributed by atoms with Crippen molar-refractivity contribution in [1.29, 1.82) is 0 Å². The first kappa shape index (κ1) is 21.5. The van der Waals surface area contributed by atoms with Crippen molar-refractivity contribution in [2.45, 2.75) is 26.3 Å². The standard InChI is InChI=1S/C19H28N4O5/c1-5-9-23(12-15(24)22(3)4)11-13-16(18(25)27-6-2)17(21-19(26)20-13)14-8-7-10-28-14/h7-8,10,17H,5-6,9,11-12H2,1-4H3,(H2,20,21,26). The molecule has 1 atom stereocenters. The summed E-state index contributed by atoms with van der Waals surface area (Å²) in [5.41, 5.74) is 0.679. The van der Waals surface area contributed by atoms with E-state index < -0.39 is 18.0 Å². The lowest BCUT2D eigenvalue weighted by Gasteiger charge is -2.31. The number of hydrogen-bond donors (Lipinski definition) is 2. The van der Waals surface area contributed by atoms with Gasteiger partial charge in [-0.15, -0.1) is 0 Å². The highest BCUT2D eigenvalue weighted by atomic mass is 16.5. The highest BCUT2D eigenvalue weighted by molar-refractivity contribution is 5.95. The van der Waals surface area contributed by atoms with Gasteiger partial charge in [0.2, 0.25) is 5.91 Å². The first-order valence-corrected chi connectivity index (χ1v) is 9.30. The van der Waals surface area contributed by atoms with E-state index in [1.165, 1.54) is 11.2 Å². The summed E-state index contributed by atoms with van der Waals surface area (Å²) in [6, 6.07) is 2.17. The number of urea groups is 1. The van der Waals surface area contributed by atoms with Crippen molar-refractivity contribution in [3.63, 3.8) is 0 Å². The lowest BCUT2D eigenvalue weighted by Crippen LogP contribution is -2.49. The molecule has 0 aliphatic carbocycles. The van der Waals surface area contributed by atoms with E-state index in [2.05, 4.69) is 10.6 Å². The van der Waals surface area contributed by atoms with E-state index in [9.17, 15) is 14.4 Å². The van der Waals surface area contributed by atoms with E-state index in [0.29, 0.717) is 18.0 Å². The van der Waals surface area contributed by atoms with Crippen molar-refractivity contribution < 1.29 is 23.5 Å². The first-order chi connectivity index (χ1) is 13.4. The number of hydrogen-bond acceptors (Lipinski definition) is 6. The van der Waals surface area contributed by atoms with Crippen molar-refractivity contribution >= 4 is 17.9 Å². The second-order valence-corrected chi connectivity index (χ2v) is 6.66. The van der Waals surface area contributed by atoms with Gasteiger partial charge in [0.1, 0.15) is 11.8 Å². The number of nitrogens with zero attached hydrogens (tertiary/aromatic N) is 2. The molecule has 2 N–H and O–H groups in total. The Morgan fingerprint density at radius 3 is 2.61 bits per heavy atom. The van der Waals surface area contributed by atoms with E-state index in [4.69, 9.17) is 9.15 Å². The van der Waals surface area contributed by atoms with Gasteiger partial charge < -0.3 is 24.7 Å². The summed E-state index contributed by atoms with van der Waals surface area (Å²) in [5, 5.41) is 5.42. The third kappa shape index (κ3) is 5.35. The Morgan fingerprint density at radius 1 is 1.29 bits per heavy atom. The molecule has 9 nitrogen and oxygen atoms in total. The van der Waals surface area contributed by atoms with Gasteiger partial charge in [0, 0.05) is 26.3 Å². The minimum atomic E-state index is -0.758. The van der Waals surface area contributed by atoms with Gasteiger partial charge in [0.25, 0.3) is 0 Å². The molecule has 1 aromatic rings. The monoisotopic (exact) mass is 392 g/mol. The Balaban J connectivity index is 2.39. The van der Waals surface area contributed by atoms with Gasteiger partial charge in [0.15, 0.2) is 0 Å². The number of nitrogens with one attached hydrogen (secondary N) is 2. The van der Waals surface area contributed by atoms with Crippen molar-refractivity contribution in [3.8, 4) is 0 Å².